The molecule has 0 heterocycles. The second-order valence-electron chi connectivity index (χ2n) is 4.15. The maximum Gasteiger partial charge on any atom is 0.0411 e. The fourth-order valence-corrected chi connectivity index (χ4v) is 0.385. The molecule has 0 saturated heterocycles. The highest BCUT2D eigenvalue weighted by Gasteiger charge is 1.99. The van der Waals surface area contributed by atoms with E-state index in [0.717, 1.165) is 0 Å². The molecule has 0 bridgehead atoms. The Hall–Kier alpha value is -0.563. The molecule has 0 aliphatic rings. The first-order chi connectivity index (χ1) is 5.00. The maximum atomic E-state index is 2.33. The summed E-state index contributed by atoms with van der Waals surface area (Å²) in [5.74, 6) is 0. The highest BCUT2D eigenvalue weighted by molar-refractivity contribution is 6.74. The van der Waals surface area contributed by atoms with Crippen LogP contribution in [0.2, 0.25) is 26.2 Å². The highest BCUT2D eigenvalue weighted by atomic mass is 28.3. The molecule has 0 nitrogen and oxygen atoms in total. The zero-order chi connectivity index (χ0) is 8.74. The Kier molecular flexibility index (Phi) is 4.87. The van der Waals surface area contributed by atoms with E-state index in [1.807, 2.05) is 36.4 Å². The molecule has 0 amide bonds. The van der Waals surface area contributed by atoms with Crippen molar-refractivity contribution in [3.63, 3.8) is 0 Å². The van der Waals surface area contributed by atoms with Crippen molar-refractivity contribution in [2.45, 2.75) is 26.2 Å². The summed E-state index contributed by atoms with van der Waals surface area (Å²) in [5, 5.41) is 0. The standard InChI is InChI=1S/C6H6.C4H12Si/c1-2-4-6-5-3-1;1-5(2,3)4/h1-6H;1-4H3. The Morgan fingerprint density at radius 1 is 0.545 bits per heavy atom. The van der Waals surface area contributed by atoms with E-state index in [4.69, 9.17) is 0 Å². The molecular weight excluding hydrogens is 148 g/mol. The summed E-state index contributed by atoms with van der Waals surface area (Å²) in [6.07, 6.45) is 0. The van der Waals surface area contributed by atoms with Gasteiger partial charge in [0, 0.05) is 8.07 Å². The van der Waals surface area contributed by atoms with Crippen LogP contribution in [0.4, 0.5) is 0 Å². The van der Waals surface area contributed by atoms with Gasteiger partial charge in [-0.1, -0.05) is 62.6 Å². The van der Waals surface area contributed by atoms with Crippen LogP contribution < -0.4 is 0 Å². The third-order valence-electron chi connectivity index (χ3n) is 0.667. The van der Waals surface area contributed by atoms with Gasteiger partial charge in [-0.05, 0) is 0 Å². The minimum atomic E-state index is -0.611. The molecule has 62 valence electrons. The van der Waals surface area contributed by atoms with Gasteiger partial charge in [-0.3, -0.25) is 0 Å². The highest BCUT2D eigenvalue weighted by Crippen LogP contribution is 1.94. The van der Waals surface area contributed by atoms with Gasteiger partial charge in [0.2, 0.25) is 0 Å². The van der Waals surface area contributed by atoms with Gasteiger partial charge < -0.3 is 0 Å². The Morgan fingerprint density at radius 3 is 0.727 bits per heavy atom. The van der Waals surface area contributed by atoms with Crippen LogP contribution in [0.5, 0.6) is 0 Å². The van der Waals surface area contributed by atoms with Gasteiger partial charge in [0.05, 0.1) is 0 Å². The summed E-state index contributed by atoms with van der Waals surface area (Å²) in [6, 6.07) is 12.0. The average molecular weight is 166 g/mol. The minimum absolute atomic E-state index is 0.611. The summed E-state index contributed by atoms with van der Waals surface area (Å²) in [5.41, 5.74) is 0. The van der Waals surface area contributed by atoms with Crippen LogP contribution in [-0.2, 0) is 0 Å². The zero-order valence-electron chi connectivity index (χ0n) is 7.96. The topological polar surface area (TPSA) is 0 Å². The molecule has 1 heteroatoms. The van der Waals surface area contributed by atoms with Crippen molar-refractivity contribution in [1.29, 1.82) is 0 Å². The van der Waals surface area contributed by atoms with Crippen molar-refractivity contribution in [2.75, 3.05) is 0 Å². The Morgan fingerprint density at radius 2 is 0.636 bits per heavy atom. The molecule has 0 saturated carbocycles. The molecule has 0 spiro atoms. The molecule has 1 rings (SSSR count). The summed E-state index contributed by atoms with van der Waals surface area (Å²) in [6.45, 7) is 9.31. The first-order valence-corrected chi connectivity index (χ1v) is 8.00. The molecule has 0 N–H and O–H groups in total. The van der Waals surface area contributed by atoms with Crippen LogP contribution in [0.3, 0.4) is 0 Å². The fraction of sp³-hybridized carbons (Fsp3) is 0.400. The molecule has 0 radical (unpaired) electrons. The van der Waals surface area contributed by atoms with Crippen molar-refractivity contribution in [3.05, 3.63) is 36.4 Å². The lowest BCUT2D eigenvalue weighted by molar-refractivity contribution is 1.71. The molecule has 0 aliphatic heterocycles. The van der Waals surface area contributed by atoms with E-state index in [2.05, 4.69) is 26.2 Å². The molecule has 11 heavy (non-hydrogen) atoms. The average Bonchev–Trinajstić information content (AvgIpc) is 1.88. The normalized spacial score (nSPS) is 9.82. The lowest BCUT2D eigenvalue weighted by Crippen LogP contribution is -2.10. The molecule has 0 aromatic heterocycles. The molecule has 1 aromatic carbocycles. The van der Waals surface area contributed by atoms with E-state index in [1.165, 1.54) is 0 Å². The maximum absolute atomic E-state index is 2.33. The summed E-state index contributed by atoms with van der Waals surface area (Å²) < 4.78 is 0. The summed E-state index contributed by atoms with van der Waals surface area (Å²) in [7, 11) is -0.611. The molecule has 1 aromatic rings. The second-order valence-corrected chi connectivity index (χ2v) is 10.2. The molecule has 0 fully saturated rings. The van der Waals surface area contributed by atoms with Gasteiger partial charge in [-0.25, -0.2) is 0 Å². The Labute approximate surface area is 71.3 Å². The van der Waals surface area contributed by atoms with Gasteiger partial charge >= 0.3 is 0 Å². The van der Waals surface area contributed by atoms with E-state index >= 15 is 0 Å². The van der Waals surface area contributed by atoms with Crippen LogP contribution >= 0.6 is 0 Å². The number of hydrogen-bond acceptors (Lipinski definition) is 0. The van der Waals surface area contributed by atoms with Gasteiger partial charge in [-0.2, -0.15) is 0 Å². The van der Waals surface area contributed by atoms with Gasteiger partial charge in [0.15, 0.2) is 0 Å². The van der Waals surface area contributed by atoms with E-state index in [1.54, 1.807) is 0 Å². The van der Waals surface area contributed by atoms with Crippen molar-refractivity contribution in [1.82, 2.24) is 0 Å². The van der Waals surface area contributed by atoms with E-state index < -0.39 is 8.07 Å². The zero-order valence-corrected chi connectivity index (χ0v) is 8.96. The van der Waals surface area contributed by atoms with Crippen molar-refractivity contribution in [2.24, 2.45) is 0 Å². The Balaban J connectivity index is 0.000000187. The van der Waals surface area contributed by atoms with Gasteiger partial charge in [0.1, 0.15) is 0 Å². The van der Waals surface area contributed by atoms with E-state index in [-0.39, 0.29) is 0 Å². The number of benzene rings is 1. The largest absolute Gasteiger partial charge is 0.0697 e. The minimum Gasteiger partial charge on any atom is -0.0697 e. The molecule has 0 unspecified atom stereocenters. The molecule has 0 aliphatic carbocycles. The van der Waals surface area contributed by atoms with Crippen LogP contribution in [0, 0.1) is 0 Å². The summed E-state index contributed by atoms with van der Waals surface area (Å²) >= 11 is 0. The fourth-order valence-electron chi connectivity index (χ4n) is 0.385. The summed E-state index contributed by atoms with van der Waals surface area (Å²) in [4.78, 5) is 0. The molecular formula is C10H18Si. The predicted molar refractivity (Wildman–Crippen MR) is 55.7 cm³/mol. The van der Waals surface area contributed by atoms with E-state index in [0.29, 0.717) is 0 Å². The quantitative estimate of drug-likeness (QED) is 0.516. The predicted octanol–water partition coefficient (Wildman–Crippen LogP) is 3.64. The van der Waals surface area contributed by atoms with Crippen LogP contribution in [0.15, 0.2) is 36.4 Å². The smallest absolute Gasteiger partial charge is 0.0411 e. The third-order valence-corrected chi connectivity index (χ3v) is 0.667. The van der Waals surface area contributed by atoms with Crippen LogP contribution in [0.1, 0.15) is 0 Å². The lowest BCUT2D eigenvalue weighted by atomic mass is 10.4. The van der Waals surface area contributed by atoms with Crippen LogP contribution in [0.25, 0.3) is 0 Å². The lowest BCUT2D eigenvalue weighted by Gasteiger charge is -2.01. The van der Waals surface area contributed by atoms with Gasteiger partial charge in [0.25, 0.3) is 0 Å². The van der Waals surface area contributed by atoms with Crippen molar-refractivity contribution < 1.29 is 0 Å². The van der Waals surface area contributed by atoms with Gasteiger partial charge in [-0.15, -0.1) is 0 Å². The monoisotopic (exact) mass is 166 g/mol. The second kappa shape index (κ2) is 5.14. The first-order valence-electron chi connectivity index (χ1n) is 4.00. The Bertz CT molecular complexity index is 129. The number of hydrogen-bond donors (Lipinski definition) is 0. The first kappa shape index (κ1) is 10.4. The van der Waals surface area contributed by atoms with Crippen molar-refractivity contribution >= 4 is 8.07 Å². The number of rotatable bonds is 0. The molecule has 0 atom stereocenters. The van der Waals surface area contributed by atoms with Crippen LogP contribution in [-0.4, -0.2) is 8.07 Å². The van der Waals surface area contributed by atoms with E-state index in [9.17, 15) is 0 Å². The third kappa shape index (κ3) is 17.7. The van der Waals surface area contributed by atoms with Crippen molar-refractivity contribution in [3.8, 4) is 0 Å². The SMILES string of the molecule is C[Si](C)(C)C.c1ccccc1.